The van der Waals surface area contributed by atoms with E-state index in [1.807, 2.05) is 6.07 Å². The predicted molar refractivity (Wildman–Crippen MR) is 118 cm³/mol. The normalized spacial score (nSPS) is 12.8. The van der Waals surface area contributed by atoms with E-state index in [2.05, 4.69) is 6.92 Å². The van der Waals surface area contributed by atoms with Crippen LogP contribution in [0.1, 0.15) is 103 Å². The Balaban J connectivity index is 2.00. The molecule has 0 aliphatic heterocycles. The average molecular weight is 413 g/mol. The Labute approximate surface area is 172 Å². The third kappa shape index (κ3) is 13.4. The highest BCUT2D eigenvalue weighted by Crippen LogP contribution is 2.44. The van der Waals surface area contributed by atoms with Gasteiger partial charge in [0.15, 0.2) is 5.85 Å². The molecule has 0 heterocycles. The van der Waals surface area contributed by atoms with E-state index >= 15 is 0 Å². The molecule has 0 radical (unpaired) electrons. The number of hydrogen-bond acceptors (Lipinski definition) is 2. The van der Waals surface area contributed by atoms with Crippen molar-refractivity contribution in [2.24, 2.45) is 0 Å². The summed E-state index contributed by atoms with van der Waals surface area (Å²) in [5.74, 6) is -0.520. The zero-order chi connectivity index (χ0) is 20.5. The average Bonchev–Trinajstić information content (AvgIpc) is 2.67. The van der Waals surface area contributed by atoms with Crippen LogP contribution in [-0.2, 0) is 4.57 Å². The maximum absolute atomic E-state index is 11.7. The predicted octanol–water partition coefficient (Wildman–Crippen LogP) is 7.44. The molecule has 1 unspecified atom stereocenters. The minimum Gasteiger partial charge on any atom is -0.478 e. The van der Waals surface area contributed by atoms with E-state index < -0.39 is 13.4 Å². The minimum absolute atomic E-state index is 0.400. The Morgan fingerprint density at radius 2 is 1.18 bits per heavy atom. The van der Waals surface area contributed by atoms with Crippen LogP contribution in [0.5, 0.6) is 5.75 Å². The molecule has 0 bridgehead atoms. The third-order valence-corrected chi connectivity index (χ3v) is 6.31. The first-order valence-corrected chi connectivity index (χ1v) is 13.0. The summed E-state index contributed by atoms with van der Waals surface area (Å²) < 4.78 is 17.2. The van der Waals surface area contributed by atoms with Crippen LogP contribution >= 0.6 is 7.60 Å². The Morgan fingerprint density at radius 3 is 1.61 bits per heavy atom. The number of rotatable bonds is 18. The molecule has 0 aromatic heterocycles. The van der Waals surface area contributed by atoms with Crippen molar-refractivity contribution in [3.63, 3.8) is 0 Å². The van der Waals surface area contributed by atoms with E-state index in [1.54, 1.807) is 24.3 Å². The van der Waals surface area contributed by atoms with E-state index in [-0.39, 0.29) is 0 Å². The van der Waals surface area contributed by atoms with Gasteiger partial charge in [0.05, 0.1) is 0 Å². The summed E-state index contributed by atoms with van der Waals surface area (Å²) in [6.45, 7) is 2.26. The molecule has 4 nitrogen and oxygen atoms in total. The first-order valence-electron chi connectivity index (χ1n) is 11.3. The number of para-hydroxylation sites is 1. The van der Waals surface area contributed by atoms with Gasteiger partial charge in [0.25, 0.3) is 0 Å². The zero-order valence-electron chi connectivity index (χ0n) is 17.7. The molecule has 0 saturated carbocycles. The first-order chi connectivity index (χ1) is 13.5. The summed E-state index contributed by atoms with van der Waals surface area (Å²) in [7, 11) is -4.25. The van der Waals surface area contributed by atoms with Crippen LogP contribution in [0.2, 0.25) is 0 Å². The SMILES string of the molecule is CCCCCCCCCCCCCCCCC(Oc1ccccc1)P(=O)(O)O. The largest absolute Gasteiger partial charge is 0.478 e. The monoisotopic (exact) mass is 412 g/mol. The van der Waals surface area contributed by atoms with Crippen LogP contribution < -0.4 is 4.74 Å². The van der Waals surface area contributed by atoms with Gasteiger partial charge < -0.3 is 14.5 Å². The lowest BCUT2D eigenvalue weighted by atomic mass is 10.0. The van der Waals surface area contributed by atoms with E-state index in [4.69, 9.17) is 4.74 Å². The molecule has 0 amide bonds. The van der Waals surface area contributed by atoms with Crippen molar-refractivity contribution in [2.75, 3.05) is 0 Å². The highest BCUT2D eigenvalue weighted by molar-refractivity contribution is 7.52. The summed E-state index contributed by atoms with van der Waals surface area (Å²) in [4.78, 5) is 19.1. The zero-order valence-corrected chi connectivity index (χ0v) is 18.6. The smallest absolute Gasteiger partial charge is 0.365 e. The van der Waals surface area contributed by atoms with E-state index in [1.165, 1.54) is 70.6 Å². The van der Waals surface area contributed by atoms with Crippen LogP contribution in [0.3, 0.4) is 0 Å². The molecular formula is C23H41O4P. The summed E-state index contributed by atoms with van der Waals surface area (Å²) in [5.41, 5.74) is 0. The fourth-order valence-corrected chi connectivity index (χ4v) is 4.24. The van der Waals surface area contributed by atoms with Crippen molar-refractivity contribution in [3.8, 4) is 5.75 Å². The quantitative estimate of drug-likeness (QED) is 0.194. The second-order valence-corrected chi connectivity index (χ2v) is 9.61. The van der Waals surface area contributed by atoms with Crippen LogP contribution in [0, 0.1) is 0 Å². The number of ether oxygens (including phenoxy) is 1. The third-order valence-electron chi connectivity index (χ3n) is 5.20. The maximum atomic E-state index is 11.7. The van der Waals surface area contributed by atoms with Crippen molar-refractivity contribution in [1.82, 2.24) is 0 Å². The molecule has 0 saturated heterocycles. The highest BCUT2D eigenvalue weighted by atomic mass is 31.2. The fourth-order valence-electron chi connectivity index (χ4n) is 3.47. The van der Waals surface area contributed by atoms with Crippen molar-refractivity contribution in [2.45, 2.75) is 109 Å². The molecule has 162 valence electrons. The second-order valence-electron chi connectivity index (χ2n) is 7.86. The van der Waals surface area contributed by atoms with Gasteiger partial charge in [-0.25, -0.2) is 0 Å². The lowest BCUT2D eigenvalue weighted by Crippen LogP contribution is -2.16. The van der Waals surface area contributed by atoms with Crippen LogP contribution in [0.15, 0.2) is 30.3 Å². The van der Waals surface area contributed by atoms with E-state index in [0.717, 1.165) is 19.3 Å². The van der Waals surface area contributed by atoms with Gasteiger partial charge in [-0.3, -0.25) is 4.57 Å². The van der Waals surface area contributed by atoms with Gasteiger partial charge in [-0.2, -0.15) is 0 Å². The highest BCUT2D eigenvalue weighted by Gasteiger charge is 2.30. The van der Waals surface area contributed by atoms with Gasteiger partial charge in [0.1, 0.15) is 5.75 Å². The Kier molecular flexibility index (Phi) is 14.4. The molecule has 1 aromatic carbocycles. The standard InChI is InChI=1S/C23H41O4P/c1-2-3-4-5-6-7-8-9-10-11-12-13-14-18-21-23(28(24,25)26)27-22-19-16-15-17-20-22/h15-17,19-20,23H,2-14,18,21H2,1H3,(H2,24,25,26). The van der Waals surface area contributed by atoms with E-state index in [9.17, 15) is 14.4 Å². The second kappa shape index (κ2) is 16.0. The van der Waals surface area contributed by atoms with Gasteiger partial charge in [0, 0.05) is 0 Å². The van der Waals surface area contributed by atoms with Crippen LogP contribution in [-0.4, -0.2) is 15.6 Å². The molecule has 0 fully saturated rings. The van der Waals surface area contributed by atoms with Gasteiger partial charge in [0.2, 0.25) is 0 Å². The van der Waals surface area contributed by atoms with Gasteiger partial charge >= 0.3 is 7.60 Å². The molecule has 1 atom stereocenters. The lowest BCUT2D eigenvalue weighted by Gasteiger charge is -2.20. The molecule has 28 heavy (non-hydrogen) atoms. The van der Waals surface area contributed by atoms with Crippen molar-refractivity contribution in [3.05, 3.63) is 30.3 Å². The molecule has 0 spiro atoms. The number of benzene rings is 1. The summed E-state index contributed by atoms with van der Waals surface area (Å²) in [5, 5.41) is 0. The molecule has 5 heteroatoms. The van der Waals surface area contributed by atoms with Crippen molar-refractivity contribution in [1.29, 1.82) is 0 Å². The summed E-state index contributed by atoms with van der Waals surface area (Å²) in [6, 6.07) is 8.92. The lowest BCUT2D eigenvalue weighted by molar-refractivity contribution is 0.211. The minimum atomic E-state index is -4.25. The maximum Gasteiger partial charge on any atom is 0.365 e. The van der Waals surface area contributed by atoms with Gasteiger partial charge in [-0.1, -0.05) is 109 Å². The van der Waals surface area contributed by atoms with Crippen molar-refractivity contribution < 1.29 is 19.1 Å². The first kappa shape index (κ1) is 25.2. The Bertz CT molecular complexity index is 515. The number of hydrogen-bond donors (Lipinski definition) is 2. The summed E-state index contributed by atoms with van der Waals surface area (Å²) in [6.07, 6.45) is 18.1. The Hall–Kier alpha value is -0.830. The molecule has 1 aromatic rings. The molecule has 0 aliphatic carbocycles. The number of unbranched alkanes of at least 4 members (excludes halogenated alkanes) is 13. The summed E-state index contributed by atoms with van der Waals surface area (Å²) >= 11 is 0. The Morgan fingerprint density at radius 1 is 0.750 bits per heavy atom. The van der Waals surface area contributed by atoms with E-state index in [0.29, 0.717) is 12.2 Å². The molecule has 0 aliphatic rings. The van der Waals surface area contributed by atoms with Gasteiger partial charge in [-0.05, 0) is 25.0 Å². The fraction of sp³-hybridized carbons (Fsp3) is 0.739. The molecular weight excluding hydrogens is 371 g/mol. The van der Waals surface area contributed by atoms with Crippen LogP contribution in [0.4, 0.5) is 0 Å². The van der Waals surface area contributed by atoms with Gasteiger partial charge in [-0.15, -0.1) is 0 Å². The molecule has 2 N–H and O–H groups in total. The molecule has 1 rings (SSSR count). The topological polar surface area (TPSA) is 66.8 Å². The van der Waals surface area contributed by atoms with Crippen LogP contribution in [0.25, 0.3) is 0 Å². The van der Waals surface area contributed by atoms with Crippen molar-refractivity contribution >= 4 is 7.60 Å².